The normalized spacial score (nSPS) is 28.4. The Hall–Kier alpha value is -0.810. The van der Waals surface area contributed by atoms with E-state index in [2.05, 4.69) is 10.6 Å². The fourth-order valence-electron chi connectivity index (χ4n) is 1.78. The molecule has 0 unspecified atom stereocenters. The van der Waals surface area contributed by atoms with Crippen molar-refractivity contribution in [1.29, 1.82) is 5.41 Å². The second kappa shape index (κ2) is 5.04. The van der Waals surface area contributed by atoms with Gasteiger partial charge in [0.05, 0.1) is 0 Å². The molecule has 0 amide bonds. The Morgan fingerprint density at radius 2 is 2.38 bits per heavy atom. The molecule has 1 aliphatic rings. The van der Waals surface area contributed by atoms with Gasteiger partial charge in [0.25, 0.3) is 0 Å². The SMILES string of the molecule is N=C(N)NC[C@H]1CCCN[C@H]1CN. The summed E-state index contributed by atoms with van der Waals surface area (Å²) >= 11 is 0. The highest BCUT2D eigenvalue weighted by Gasteiger charge is 2.22. The predicted octanol–water partition coefficient (Wildman–Crippen LogP) is -1.20. The Bertz CT molecular complexity index is 170. The smallest absolute Gasteiger partial charge is 0.185 e. The Balaban J connectivity index is 2.31. The maximum Gasteiger partial charge on any atom is 0.185 e. The summed E-state index contributed by atoms with van der Waals surface area (Å²) in [6.45, 7) is 2.47. The van der Waals surface area contributed by atoms with Crippen LogP contribution < -0.4 is 22.1 Å². The summed E-state index contributed by atoms with van der Waals surface area (Å²) in [7, 11) is 0. The molecule has 0 bridgehead atoms. The molecule has 0 aliphatic carbocycles. The average molecular weight is 185 g/mol. The van der Waals surface area contributed by atoms with Crippen molar-refractivity contribution in [3.8, 4) is 0 Å². The Kier molecular flexibility index (Phi) is 3.98. The van der Waals surface area contributed by atoms with E-state index in [1.54, 1.807) is 0 Å². The van der Waals surface area contributed by atoms with Crippen molar-refractivity contribution in [2.24, 2.45) is 17.4 Å². The van der Waals surface area contributed by atoms with Crippen LogP contribution in [0.4, 0.5) is 0 Å². The van der Waals surface area contributed by atoms with E-state index in [1.165, 1.54) is 6.42 Å². The summed E-state index contributed by atoms with van der Waals surface area (Å²) in [5, 5.41) is 13.3. The quantitative estimate of drug-likeness (QED) is 0.281. The fourth-order valence-corrected chi connectivity index (χ4v) is 1.78. The predicted molar refractivity (Wildman–Crippen MR) is 53.5 cm³/mol. The van der Waals surface area contributed by atoms with Crippen LogP contribution in [0.3, 0.4) is 0 Å². The van der Waals surface area contributed by atoms with Crippen LogP contribution in [0, 0.1) is 11.3 Å². The molecule has 13 heavy (non-hydrogen) atoms. The number of hydrogen-bond acceptors (Lipinski definition) is 3. The minimum absolute atomic E-state index is 0.0429. The first-order chi connectivity index (χ1) is 6.24. The highest BCUT2D eigenvalue weighted by molar-refractivity contribution is 5.74. The van der Waals surface area contributed by atoms with Crippen LogP contribution in [0.2, 0.25) is 0 Å². The minimum atomic E-state index is 0.0429. The van der Waals surface area contributed by atoms with E-state index in [0.29, 0.717) is 18.5 Å². The van der Waals surface area contributed by atoms with Crippen molar-refractivity contribution >= 4 is 5.96 Å². The van der Waals surface area contributed by atoms with Gasteiger partial charge in [0.15, 0.2) is 5.96 Å². The van der Waals surface area contributed by atoms with Gasteiger partial charge in [-0.3, -0.25) is 5.41 Å². The van der Waals surface area contributed by atoms with Crippen LogP contribution in [0.5, 0.6) is 0 Å². The van der Waals surface area contributed by atoms with Gasteiger partial charge in [0, 0.05) is 19.1 Å². The number of hydrogen-bond donors (Lipinski definition) is 5. The molecule has 76 valence electrons. The van der Waals surface area contributed by atoms with Crippen molar-refractivity contribution < 1.29 is 0 Å². The Morgan fingerprint density at radius 1 is 1.62 bits per heavy atom. The summed E-state index contributed by atoms with van der Waals surface area (Å²) in [6.07, 6.45) is 2.34. The van der Waals surface area contributed by atoms with Gasteiger partial charge in [-0.25, -0.2) is 0 Å². The van der Waals surface area contributed by atoms with Crippen LogP contribution in [0.1, 0.15) is 12.8 Å². The number of guanidine groups is 1. The molecular formula is C8H19N5. The van der Waals surface area contributed by atoms with Crippen LogP contribution in [0.15, 0.2) is 0 Å². The Morgan fingerprint density at radius 3 is 3.00 bits per heavy atom. The van der Waals surface area contributed by atoms with Gasteiger partial charge in [0.2, 0.25) is 0 Å². The largest absolute Gasteiger partial charge is 0.370 e. The van der Waals surface area contributed by atoms with Crippen LogP contribution in [-0.2, 0) is 0 Å². The highest BCUT2D eigenvalue weighted by atomic mass is 15.1. The molecule has 1 rings (SSSR count). The molecule has 5 nitrogen and oxygen atoms in total. The average Bonchev–Trinajstić information content (AvgIpc) is 2.15. The zero-order chi connectivity index (χ0) is 9.68. The Labute approximate surface area is 78.8 Å². The molecule has 2 atom stereocenters. The first-order valence-electron chi connectivity index (χ1n) is 4.75. The lowest BCUT2D eigenvalue weighted by Gasteiger charge is -2.31. The number of rotatable bonds is 3. The molecule has 7 N–H and O–H groups in total. The van der Waals surface area contributed by atoms with E-state index in [-0.39, 0.29) is 5.96 Å². The number of piperidine rings is 1. The van der Waals surface area contributed by atoms with Crippen molar-refractivity contribution in [2.75, 3.05) is 19.6 Å². The van der Waals surface area contributed by atoms with Crippen LogP contribution in [0.25, 0.3) is 0 Å². The maximum absolute atomic E-state index is 7.05. The minimum Gasteiger partial charge on any atom is -0.370 e. The molecule has 1 fully saturated rings. The zero-order valence-electron chi connectivity index (χ0n) is 7.84. The summed E-state index contributed by atoms with van der Waals surface area (Å²) in [5.41, 5.74) is 10.8. The van der Waals surface area contributed by atoms with E-state index < -0.39 is 0 Å². The van der Waals surface area contributed by atoms with Crippen LogP contribution >= 0.6 is 0 Å². The van der Waals surface area contributed by atoms with Gasteiger partial charge in [0.1, 0.15) is 0 Å². The maximum atomic E-state index is 7.05. The third kappa shape index (κ3) is 3.20. The van der Waals surface area contributed by atoms with Crippen molar-refractivity contribution in [3.05, 3.63) is 0 Å². The second-order valence-corrected chi connectivity index (χ2v) is 3.49. The summed E-state index contributed by atoms with van der Waals surface area (Å²) in [5.74, 6) is 0.545. The van der Waals surface area contributed by atoms with Crippen molar-refractivity contribution in [2.45, 2.75) is 18.9 Å². The van der Waals surface area contributed by atoms with E-state index in [1.807, 2.05) is 0 Å². The number of nitrogens with two attached hydrogens (primary N) is 2. The van der Waals surface area contributed by atoms with Gasteiger partial charge in [-0.15, -0.1) is 0 Å². The van der Waals surface area contributed by atoms with Gasteiger partial charge in [-0.2, -0.15) is 0 Å². The molecule has 0 radical (unpaired) electrons. The van der Waals surface area contributed by atoms with Crippen molar-refractivity contribution in [1.82, 2.24) is 10.6 Å². The lowest BCUT2D eigenvalue weighted by molar-refractivity contribution is 0.284. The second-order valence-electron chi connectivity index (χ2n) is 3.49. The lowest BCUT2D eigenvalue weighted by Crippen LogP contribution is -2.50. The van der Waals surface area contributed by atoms with Crippen molar-refractivity contribution in [3.63, 3.8) is 0 Å². The van der Waals surface area contributed by atoms with Gasteiger partial charge in [-0.05, 0) is 25.3 Å². The highest BCUT2D eigenvalue weighted by Crippen LogP contribution is 2.14. The molecular weight excluding hydrogens is 166 g/mol. The van der Waals surface area contributed by atoms with Crippen LogP contribution in [-0.4, -0.2) is 31.6 Å². The molecule has 0 aromatic heterocycles. The summed E-state index contributed by atoms with van der Waals surface area (Å²) < 4.78 is 0. The molecule has 5 heteroatoms. The standard InChI is InChI=1S/C8H19N5/c9-4-7-6(2-1-3-12-7)5-13-8(10)11/h6-7,12H,1-5,9H2,(H4,10,11,13)/t6-,7+/m1/s1. The van der Waals surface area contributed by atoms with E-state index in [9.17, 15) is 0 Å². The van der Waals surface area contributed by atoms with Gasteiger partial charge < -0.3 is 22.1 Å². The monoisotopic (exact) mass is 185 g/mol. The topological polar surface area (TPSA) is 100.0 Å². The summed E-state index contributed by atoms with van der Waals surface area (Å²) in [4.78, 5) is 0. The van der Waals surface area contributed by atoms with Gasteiger partial charge in [-0.1, -0.05) is 0 Å². The molecule has 1 saturated heterocycles. The fraction of sp³-hybridized carbons (Fsp3) is 0.875. The third-order valence-electron chi connectivity index (χ3n) is 2.54. The third-order valence-corrected chi connectivity index (χ3v) is 2.54. The molecule has 0 aromatic rings. The molecule has 1 aliphatic heterocycles. The van der Waals surface area contributed by atoms with E-state index in [0.717, 1.165) is 19.5 Å². The first kappa shape index (κ1) is 10.3. The van der Waals surface area contributed by atoms with E-state index >= 15 is 0 Å². The molecule has 0 saturated carbocycles. The van der Waals surface area contributed by atoms with Gasteiger partial charge >= 0.3 is 0 Å². The first-order valence-corrected chi connectivity index (χ1v) is 4.75. The molecule has 0 aromatic carbocycles. The van der Waals surface area contributed by atoms with E-state index in [4.69, 9.17) is 16.9 Å². The molecule has 1 heterocycles. The molecule has 0 spiro atoms. The zero-order valence-corrected chi connectivity index (χ0v) is 7.84. The number of nitrogens with one attached hydrogen (secondary N) is 3. The summed E-state index contributed by atoms with van der Waals surface area (Å²) in [6, 6.07) is 0.376. The lowest BCUT2D eigenvalue weighted by atomic mass is 9.91.